The summed E-state index contributed by atoms with van der Waals surface area (Å²) in [7, 11) is 0. The topological polar surface area (TPSA) is 166 Å². The van der Waals surface area contributed by atoms with Gasteiger partial charge in [0.1, 0.15) is 12.7 Å². The molecule has 0 unspecified atom stereocenters. The van der Waals surface area contributed by atoms with Crippen molar-refractivity contribution in [2.75, 3.05) is 6.61 Å². The van der Waals surface area contributed by atoms with E-state index in [1.807, 2.05) is 0 Å². The smallest absolute Gasteiger partial charge is 0.307 e. The molecular formula is C28H40O11. The molecule has 0 radical (unpaired) electrons. The van der Waals surface area contributed by atoms with Crippen molar-refractivity contribution in [3.8, 4) is 0 Å². The molecule has 218 valence electrons. The fourth-order valence-corrected chi connectivity index (χ4v) is 5.42. The van der Waals surface area contributed by atoms with Gasteiger partial charge in [-0.1, -0.05) is 19.9 Å². The van der Waals surface area contributed by atoms with E-state index in [4.69, 9.17) is 18.9 Å². The van der Waals surface area contributed by atoms with Gasteiger partial charge in [0.25, 0.3) is 0 Å². The zero-order chi connectivity index (χ0) is 29.8. The van der Waals surface area contributed by atoms with Crippen molar-refractivity contribution >= 4 is 23.9 Å². The van der Waals surface area contributed by atoms with Crippen molar-refractivity contribution in [1.29, 1.82) is 0 Å². The van der Waals surface area contributed by atoms with Gasteiger partial charge in [-0.05, 0) is 48.0 Å². The maximum Gasteiger partial charge on any atom is 0.307 e. The molecule has 2 aliphatic rings. The lowest BCUT2D eigenvalue weighted by Crippen LogP contribution is -2.48. The van der Waals surface area contributed by atoms with E-state index < -0.39 is 65.7 Å². The van der Waals surface area contributed by atoms with Crippen molar-refractivity contribution in [3.63, 3.8) is 0 Å². The van der Waals surface area contributed by atoms with Gasteiger partial charge in [-0.2, -0.15) is 0 Å². The van der Waals surface area contributed by atoms with Crippen LogP contribution in [-0.2, 0) is 38.1 Å². The monoisotopic (exact) mass is 552 g/mol. The SMILES string of the molecule is CC(=O)OC/C1=C\[C@H](O)[C@H]2C[C@H](OC(C)=O)C(C)=C([C@@H](OC(C)=O)/C(OC(C)=O)=C(\C)[C@H](O)C[C@@H]1O)C2(C)C. The van der Waals surface area contributed by atoms with E-state index in [2.05, 4.69) is 0 Å². The molecule has 0 heterocycles. The summed E-state index contributed by atoms with van der Waals surface area (Å²) in [5.41, 5.74) is 0.273. The van der Waals surface area contributed by atoms with E-state index in [0.29, 0.717) is 11.1 Å². The van der Waals surface area contributed by atoms with Crippen molar-refractivity contribution in [2.45, 2.75) is 98.8 Å². The molecule has 11 heteroatoms. The van der Waals surface area contributed by atoms with Crippen LogP contribution in [0.3, 0.4) is 0 Å². The van der Waals surface area contributed by atoms with E-state index >= 15 is 0 Å². The van der Waals surface area contributed by atoms with E-state index in [0.717, 1.165) is 6.92 Å². The highest BCUT2D eigenvalue weighted by Gasteiger charge is 2.50. The predicted octanol–water partition coefficient (Wildman–Crippen LogP) is 2.03. The number of aliphatic hydroxyl groups is 3. The lowest BCUT2D eigenvalue weighted by molar-refractivity contribution is -0.151. The second kappa shape index (κ2) is 12.9. The van der Waals surface area contributed by atoms with Crippen molar-refractivity contribution < 1.29 is 53.4 Å². The minimum absolute atomic E-state index is 0.116. The van der Waals surface area contributed by atoms with Crippen LogP contribution in [0.5, 0.6) is 0 Å². The largest absolute Gasteiger partial charge is 0.461 e. The lowest BCUT2D eigenvalue weighted by Gasteiger charge is -2.48. The summed E-state index contributed by atoms with van der Waals surface area (Å²) in [5, 5.41) is 33.6. The van der Waals surface area contributed by atoms with Gasteiger partial charge < -0.3 is 34.3 Å². The normalized spacial score (nSPS) is 32.5. The maximum absolute atomic E-state index is 12.3. The summed E-state index contributed by atoms with van der Waals surface area (Å²) in [6, 6.07) is 0. The highest BCUT2D eigenvalue weighted by molar-refractivity contribution is 5.70. The molecule has 39 heavy (non-hydrogen) atoms. The Balaban J connectivity index is 2.95. The maximum atomic E-state index is 12.3. The van der Waals surface area contributed by atoms with Gasteiger partial charge in [0.05, 0.1) is 18.3 Å². The first-order valence-electron chi connectivity index (χ1n) is 12.8. The fraction of sp³-hybridized carbons (Fsp3) is 0.643. The summed E-state index contributed by atoms with van der Waals surface area (Å²) < 4.78 is 21.9. The highest BCUT2D eigenvalue weighted by Crippen LogP contribution is 2.51. The van der Waals surface area contributed by atoms with E-state index in [1.165, 1.54) is 33.8 Å². The Morgan fingerprint density at radius 2 is 1.44 bits per heavy atom. The van der Waals surface area contributed by atoms with Crippen LogP contribution in [0, 0.1) is 11.3 Å². The van der Waals surface area contributed by atoms with Crippen LogP contribution >= 0.6 is 0 Å². The van der Waals surface area contributed by atoms with Crippen LogP contribution in [0.25, 0.3) is 0 Å². The zero-order valence-corrected chi connectivity index (χ0v) is 23.8. The minimum atomic E-state index is -1.39. The molecule has 0 aliphatic heterocycles. The molecule has 6 atom stereocenters. The molecule has 0 amide bonds. The van der Waals surface area contributed by atoms with Crippen LogP contribution in [0.1, 0.15) is 68.2 Å². The molecule has 0 aromatic heterocycles. The van der Waals surface area contributed by atoms with Crippen LogP contribution in [-0.4, -0.2) is 76.3 Å². The summed E-state index contributed by atoms with van der Waals surface area (Å²) in [6.45, 7) is 11.3. The molecular weight excluding hydrogens is 512 g/mol. The third-order valence-electron chi connectivity index (χ3n) is 7.35. The second-order valence-corrected chi connectivity index (χ2v) is 10.7. The quantitative estimate of drug-likeness (QED) is 0.259. The predicted molar refractivity (Wildman–Crippen MR) is 138 cm³/mol. The average Bonchev–Trinajstić information content (AvgIpc) is 2.79. The Labute approximate surface area is 228 Å². The molecule has 0 saturated carbocycles. The number of aliphatic hydroxyl groups excluding tert-OH is 3. The van der Waals surface area contributed by atoms with Crippen molar-refractivity contribution in [2.24, 2.45) is 11.3 Å². The van der Waals surface area contributed by atoms with Gasteiger partial charge in [-0.3, -0.25) is 19.2 Å². The number of esters is 4. The second-order valence-electron chi connectivity index (χ2n) is 10.7. The van der Waals surface area contributed by atoms with E-state index in [9.17, 15) is 34.5 Å². The number of carbonyl (C=O) groups is 4. The Morgan fingerprint density at radius 3 is 1.95 bits per heavy atom. The number of rotatable bonds is 5. The van der Waals surface area contributed by atoms with Crippen LogP contribution < -0.4 is 0 Å². The van der Waals surface area contributed by atoms with Gasteiger partial charge in [-0.15, -0.1) is 0 Å². The summed E-state index contributed by atoms with van der Waals surface area (Å²) in [4.78, 5) is 48.0. The molecule has 2 aliphatic carbocycles. The number of hydrogen-bond donors (Lipinski definition) is 3. The van der Waals surface area contributed by atoms with E-state index in [-0.39, 0.29) is 36.4 Å². The molecule has 2 rings (SSSR count). The van der Waals surface area contributed by atoms with Gasteiger partial charge in [0.2, 0.25) is 0 Å². The Hall–Kier alpha value is -3.02. The standard InChI is InChI=1S/C28H40O11/c1-13-21(33)11-22(34)19(12-36-15(3)29)9-23(35)20-10-24(37-16(4)30)14(2)25(28(20,7)8)27(39-18(6)32)26(13)38-17(5)31/h9,20-24,27,33-35H,10-12H2,1-8H3/b19-9+,26-13-/t20-,21-,22+,23+,24+,27-/m1/s1. The number of carbonyl (C=O) groups excluding carboxylic acids is 4. The van der Waals surface area contributed by atoms with Gasteiger partial charge in [0, 0.05) is 40.0 Å². The molecule has 0 spiro atoms. The van der Waals surface area contributed by atoms with Crippen molar-refractivity contribution in [3.05, 3.63) is 34.1 Å². The van der Waals surface area contributed by atoms with E-state index in [1.54, 1.807) is 20.8 Å². The molecule has 0 aromatic rings. The number of fused-ring (bicyclic) bond motifs is 2. The number of ether oxygens (including phenoxy) is 4. The van der Waals surface area contributed by atoms with Crippen LogP contribution in [0.4, 0.5) is 0 Å². The van der Waals surface area contributed by atoms with Gasteiger partial charge >= 0.3 is 23.9 Å². The molecule has 0 fully saturated rings. The molecule has 0 aromatic carbocycles. The third-order valence-corrected chi connectivity index (χ3v) is 7.35. The summed E-state index contributed by atoms with van der Waals surface area (Å²) >= 11 is 0. The van der Waals surface area contributed by atoms with Crippen molar-refractivity contribution in [1.82, 2.24) is 0 Å². The van der Waals surface area contributed by atoms with Gasteiger partial charge in [0.15, 0.2) is 11.9 Å². The Morgan fingerprint density at radius 1 is 0.846 bits per heavy atom. The first-order valence-corrected chi connectivity index (χ1v) is 12.8. The lowest BCUT2D eigenvalue weighted by atomic mass is 9.60. The summed E-state index contributed by atoms with van der Waals surface area (Å²) in [6.07, 6.45) is -4.89. The average molecular weight is 553 g/mol. The molecule has 3 N–H and O–H groups in total. The fourth-order valence-electron chi connectivity index (χ4n) is 5.42. The molecule has 11 nitrogen and oxygen atoms in total. The van der Waals surface area contributed by atoms with Crippen LogP contribution in [0.2, 0.25) is 0 Å². The number of hydrogen-bond acceptors (Lipinski definition) is 11. The third kappa shape index (κ3) is 7.77. The zero-order valence-electron chi connectivity index (χ0n) is 23.8. The molecule has 2 bridgehead atoms. The van der Waals surface area contributed by atoms with Crippen LogP contribution in [0.15, 0.2) is 34.1 Å². The Bertz CT molecular complexity index is 1080. The first-order chi connectivity index (χ1) is 18.0. The molecule has 0 saturated heterocycles. The summed E-state index contributed by atoms with van der Waals surface area (Å²) in [5.74, 6) is -3.43. The minimum Gasteiger partial charge on any atom is -0.461 e. The first kappa shape index (κ1) is 32.2. The highest BCUT2D eigenvalue weighted by atomic mass is 16.6. The Kier molecular flexibility index (Phi) is 10.6. The van der Waals surface area contributed by atoms with Gasteiger partial charge in [-0.25, -0.2) is 0 Å².